The molecule has 0 saturated carbocycles. The van der Waals surface area contributed by atoms with Gasteiger partial charge in [-0.05, 0) is 37.2 Å². The van der Waals surface area contributed by atoms with Crippen LogP contribution in [0.2, 0.25) is 0 Å². The lowest BCUT2D eigenvalue weighted by Crippen LogP contribution is -2.30. The number of anilines is 1. The molecule has 0 radical (unpaired) electrons. The number of amides is 1. The SMILES string of the molecule is COc1cc(CN(C)CC(=O)Nc2cc([N+](=O)[O-])ccc2C)ccc1OC(F)F. The number of carbonyl (C=O) groups excluding carboxylic acids is 1. The predicted octanol–water partition coefficient (Wildman–Crippen LogP) is 3.58. The van der Waals surface area contributed by atoms with Gasteiger partial charge in [0.15, 0.2) is 11.5 Å². The maximum atomic E-state index is 12.4. The summed E-state index contributed by atoms with van der Waals surface area (Å²) >= 11 is 0. The number of rotatable bonds is 9. The number of likely N-dealkylation sites (N-methyl/N-ethyl adjacent to an activating group) is 1. The summed E-state index contributed by atoms with van der Waals surface area (Å²) in [5, 5.41) is 13.6. The van der Waals surface area contributed by atoms with E-state index in [0.717, 1.165) is 5.56 Å². The zero-order valence-corrected chi connectivity index (χ0v) is 16.1. The number of carbonyl (C=O) groups is 1. The lowest BCUT2D eigenvalue weighted by Gasteiger charge is -2.18. The molecule has 0 fully saturated rings. The number of aryl methyl sites for hydroxylation is 1. The number of hydrogen-bond donors (Lipinski definition) is 1. The molecule has 2 aromatic rings. The van der Waals surface area contributed by atoms with Crippen LogP contribution in [0.3, 0.4) is 0 Å². The Balaban J connectivity index is 2.00. The van der Waals surface area contributed by atoms with E-state index in [1.54, 1.807) is 37.1 Å². The van der Waals surface area contributed by atoms with Gasteiger partial charge in [-0.15, -0.1) is 0 Å². The zero-order chi connectivity index (χ0) is 21.6. The van der Waals surface area contributed by atoms with E-state index in [0.29, 0.717) is 17.8 Å². The summed E-state index contributed by atoms with van der Waals surface area (Å²) in [6.07, 6.45) is 0. The van der Waals surface area contributed by atoms with Crippen LogP contribution in [0.25, 0.3) is 0 Å². The number of ether oxygens (including phenoxy) is 2. The molecule has 0 unspecified atom stereocenters. The lowest BCUT2D eigenvalue weighted by molar-refractivity contribution is -0.384. The number of non-ortho nitro benzene ring substituents is 1. The first-order valence-electron chi connectivity index (χ1n) is 8.54. The molecule has 0 heterocycles. The van der Waals surface area contributed by atoms with E-state index < -0.39 is 11.5 Å². The van der Waals surface area contributed by atoms with Gasteiger partial charge in [0.25, 0.3) is 5.69 Å². The van der Waals surface area contributed by atoms with Crippen LogP contribution in [0.4, 0.5) is 20.2 Å². The van der Waals surface area contributed by atoms with E-state index in [-0.39, 0.29) is 29.6 Å². The first kappa shape index (κ1) is 22.0. The fraction of sp³-hybridized carbons (Fsp3) is 0.316. The second kappa shape index (κ2) is 9.78. The van der Waals surface area contributed by atoms with Gasteiger partial charge in [-0.25, -0.2) is 0 Å². The molecule has 8 nitrogen and oxygen atoms in total. The van der Waals surface area contributed by atoms with Gasteiger partial charge >= 0.3 is 6.61 Å². The molecule has 10 heteroatoms. The molecule has 0 bridgehead atoms. The summed E-state index contributed by atoms with van der Waals surface area (Å²) in [6, 6.07) is 8.76. The van der Waals surface area contributed by atoms with E-state index in [1.165, 1.54) is 25.3 Å². The normalized spacial score (nSPS) is 10.9. The summed E-state index contributed by atoms with van der Waals surface area (Å²) < 4.78 is 34.2. The molecule has 1 amide bonds. The average molecular weight is 409 g/mol. The van der Waals surface area contributed by atoms with Crippen molar-refractivity contribution in [2.45, 2.75) is 20.1 Å². The summed E-state index contributed by atoms with van der Waals surface area (Å²) in [5.41, 5.74) is 1.68. The van der Waals surface area contributed by atoms with Crippen molar-refractivity contribution in [1.29, 1.82) is 0 Å². The van der Waals surface area contributed by atoms with Crippen molar-refractivity contribution in [3.8, 4) is 11.5 Å². The van der Waals surface area contributed by atoms with Gasteiger partial charge in [0.1, 0.15) is 0 Å². The molecule has 0 aromatic heterocycles. The third-order valence-corrected chi connectivity index (χ3v) is 4.02. The van der Waals surface area contributed by atoms with E-state index >= 15 is 0 Å². The Kier molecular flexibility index (Phi) is 7.43. The molecule has 156 valence electrons. The molecule has 0 aliphatic heterocycles. The van der Waals surface area contributed by atoms with Gasteiger partial charge in [0.05, 0.1) is 24.3 Å². The Hall–Kier alpha value is -3.27. The first-order valence-corrected chi connectivity index (χ1v) is 8.54. The van der Waals surface area contributed by atoms with Crippen LogP contribution in [0.5, 0.6) is 11.5 Å². The topological polar surface area (TPSA) is 93.9 Å². The second-order valence-electron chi connectivity index (χ2n) is 6.34. The monoisotopic (exact) mass is 409 g/mol. The Bertz CT molecular complexity index is 892. The maximum Gasteiger partial charge on any atom is 0.387 e. The van der Waals surface area contributed by atoms with Crippen molar-refractivity contribution >= 4 is 17.3 Å². The molecular formula is C19H21F2N3O5. The molecule has 0 spiro atoms. The van der Waals surface area contributed by atoms with Crippen molar-refractivity contribution in [3.05, 3.63) is 57.6 Å². The summed E-state index contributed by atoms with van der Waals surface area (Å²) in [4.78, 5) is 24.4. The number of nitrogens with one attached hydrogen (secondary N) is 1. The third-order valence-electron chi connectivity index (χ3n) is 4.02. The number of nitrogens with zero attached hydrogens (tertiary/aromatic N) is 2. The van der Waals surface area contributed by atoms with Gasteiger partial charge in [-0.3, -0.25) is 19.8 Å². The lowest BCUT2D eigenvalue weighted by atomic mass is 10.1. The fourth-order valence-electron chi connectivity index (χ4n) is 2.66. The standard InChI is InChI=1S/C19H21F2N3O5/c1-12-4-6-14(24(26)27)9-15(12)22-18(25)11-23(2)10-13-5-7-16(29-19(20)21)17(8-13)28-3/h4-9,19H,10-11H2,1-3H3,(H,22,25). The van der Waals surface area contributed by atoms with E-state index in [2.05, 4.69) is 10.1 Å². The zero-order valence-electron chi connectivity index (χ0n) is 16.1. The van der Waals surface area contributed by atoms with E-state index in [1.807, 2.05) is 0 Å². The molecule has 0 aliphatic carbocycles. The van der Waals surface area contributed by atoms with Crippen molar-refractivity contribution in [2.24, 2.45) is 0 Å². The molecule has 29 heavy (non-hydrogen) atoms. The summed E-state index contributed by atoms with van der Waals surface area (Å²) in [7, 11) is 3.05. The first-order chi connectivity index (χ1) is 13.7. The number of nitro groups is 1. The minimum atomic E-state index is -2.96. The number of nitro benzene ring substituents is 1. The van der Waals surface area contributed by atoms with Crippen LogP contribution >= 0.6 is 0 Å². The molecule has 1 N–H and O–H groups in total. The molecule has 0 saturated heterocycles. The number of methoxy groups -OCH3 is 1. The van der Waals surface area contributed by atoms with Crippen LogP contribution in [0.15, 0.2) is 36.4 Å². The smallest absolute Gasteiger partial charge is 0.387 e. The number of alkyl halides is 2. The molecule has 2 rings (SSSR count). The Morgan fingerprint density at radius 2 is 1.97 bits per heavy atom. The number of halogens is 2. The predicted molar refractivity (Wildman–Crippen MR) is 102 cm³/mol. The van der Waals surface area contributed by atoms with Gasteiger partial charge in [0, 0.05) is 18.7 Å². The Labute approximate surface area is 166 Å². The molecule has 2 aromatic carbocycles. The van der Waals surface area contributed by atoms with Crippen molar-refractivity contribution in [2.75, 3.05) is 26.0 Å². The van der Waals surface area contributed by atoms with Gasteiger partial charge in [-0.1, -0.05) is 12.1 Å². The maximum absolute atomic E-state index is 12.4. The molecule has 0 atom stereocenters. The Morgan fingerprint density at radius 3 is 2.59 bits per heavy atom. The third kappa shape index (κ3) is 6.39. The average Bonchev–Trinajstić information content (AvgIpc) is 2.63. The van der Waals surface area contributed by atoms with Crippen LogP contribution in [0, 0.1) is 17.0 Å². The minimum Gasteiger partial charge on any atom is -0.493 e. The number of hydrogen-bond acceptors (Lipinski definition) is 6. The number of benzene rings is 2. The van der Waals surface area contributed by atoms with Crippen molar-refractivity contribution < 1.29 is 28.0 Å². The van der Waals surface area contributed by atoms with Gasteiger partial charge < -0.3 is 14.8 Å². The highest BCUT2D eigenvalue weighted by atomic mass is 19.3. The largest absolute Gasteiger partial charge is 0.493 e. The van der Waals surface area contributed by atoms with E-state index in [4.69, 9.17) is 4.74 Å². The van der Waals surface area contributed by atoms with Gasteiger partial charge in [-0.2, -0.15) is 8.78 Å². The highest BCUT2D eigenvalue weighted by molar-refractivity contribution is 5.93. The van der Waals surface area contributed by atoms with Crippen LogP contribution < -0.4 is 14.8 Å². The Morgan fingerprint density at radius 1 is 1.24 bits per heavy atom. The van der Waals surface area contributed by atoms with Crippen molar-refractivity contribution in [3.63, 3.8) is 0 Å². The highest BCUT2D eigenvalue weighted by Gasteiger charge is 2.15. The molecular weight excluding hydrogens is 388 g/mol. The van der Waals surface area contributed by atoms with Crippen molar-refractivity contribution in [1.82, 2.24) is 4.90 Å². The molecule has 0 aliphatic rings. The van der Waals surface area contributed by atoms with Crippen LogP contribution in [-0.4, -0.2) is 43.0 Å². The van der Waals surface area contributed by atoms with Crippen LogP contribution in [0.1, 0.15) is 11.1 Å². The summed E-state index contributed by atoms with van der Waals surface area (Å²) in [6.45, 7) is -0.872. The van der Waals surface area contributed by atoms with E-state index in [9.17, 15) is 23.7 Å². The van der Waals surface area contributed by atoms with Gasteiger partial charge in [0.2, 0.25) is 5.91 Å². The fourth-order valence-corrected chi connectivity index (χ4v) is 2.66. The van der Waals surface area contributed by atoms with Crippen LogP contribution in [-0.2, 0) is 11.3 Å². The second-order valence-corrected chi connectivity index (χ2v) is 6.34. The minimum absolute atomic E-state index is 0.0136. The summed E-state index contributed by atoms with van der Waals surface area (Å²) in [5.74, 6) is -0.263. The quantitative estimate of drug-likeness (QED) is 0.503. The highest BCUT2D eigenvalue weighted by Crippen LogP contribution is 2.29.